The molecule has 21 nitrogen and oxygen atoms in total. The molecule has 0 aliphatic heterocycles. The molecule has 4 aromatic rings. The number of nitrogen functional groups attached to an aromatic ring is 1. The number of H-pyrrole nitrogens is 1. The van der Waals surface area contributed by atoms with Crippen molar-refractivity contribution in [2.75, 3.05) is 37.9 Å². The van der Waals surface area contributed by atoms with Crippen molar-refractivity contribution < 1.29 is 43.4 Å². The number of amides is 3. The van der Waals surface area contributed by atoms with Crippen LogP contribution in [-0.4, -0.2) is 86.7 Å². The Labute approximate surface area is 311 Å². The molecule has 2 unspecified atom stereocenters. The molecular weight excluding hydrogens is 724 g/mol. The van der Waals surface area contributed by atoms with Crippen LogP contribution in [0.4, 0.5) is 22.1 Å². The maximum atomic E-state index is 12.8. The number of alkyl carbamates (subject to hydrolysis) is 1. The Balaban J connectivity index is 1.19. The Morgan fingerprint density at radius 3 is 2.51 bits per heavy atom. The van der Waals surface area contributed by atoms with Gasteiger partial charge in [-0.3, -0.25) is 29.5 Å². The summed E-state index contributed by atoms with van der Waals surface area (Å²) in [6.07, 6.45) is 4.11. The highest BCUT2D eigenvalue weighted by atomic mass is 16.6. The zero-order valence-corrected chi connectivity index (χ0v) is 29.4. The van der Waals surface area contributed by atoms with Gasteiger partial charge in [-0.25, -0.2) is 19.6 Å². The van der Waals surface area contributed by atoms with E-state index < -0.39 is 52.2 Å². The second-order valence-electron chi connectivity index (χ2n) is 11.5. The molecule has 55 heavy (non-hydrogen) atoms. The number of hydrogen-bond acceptors (Lipinski definition) is 15. The third-order valence-electron chi connectivity index (χ3n) is 7.63. The summed E-state index contributed by atoms with van der Waals surface area (Å²) < 4.78 is 15.8. The first-order valence-corrected chi connectivity index (χ1v) is 16.3. The maximum Gasteiger partial charge on any atom is 0.407 e. The molecule has 4 rings (SSSR count). The molecule has 0 aliphatic rings. The number of nitro groups is 1. The van der Waals surface area contributed by atoms with Crippen LogP contribution in [0.25, 0.3) is 11.2 Å². The summed E-state index contributed by atoms with van der Waals surface area (Å²) in [6.45, 7) is 1.30. The highest BCUT2D eigenvalue weighted by Gasteiger charge is 2.26. The zero-order chi connectivity index (χ0) is 40.1. The molecule has 2 atom stereocenters. The lowest BCUT2D eigenvalue weighted by Crippen LogP contribution is -2.42. The first-order valence-electron chi connectivity index (χ1n) is 16.3. The van der Waals surface area contributed by atoms with E-state index in [1.165, 1.54) is 38.4 Å². The van der Waals surface area contributed by atoms with Crippen LogP contribution in [0.3, 0.4) is 0 Å². The number of benzene rings is 2. The van der Waals surface area contributed by atoms with Crippen LogP contribution in [0.5, 0.6) is 11.5 Å². The predicted octanol–water partition coefficient (Wildman–Crippen LogP) is 1.40. The van der Waals surface area contributed by atoms with E-state index in [9.17, 15) is 39.2 Å². The number of rotatable bonds is 18. The van der Waals surface area contributed by atoms with Gasteiger partial charge < -0.3 is 46.3 Å². The van der Waals surface area contributed by atoms with E-state index >= 15 is 0 Å². The summed E-state index contributed by atoms with van der Waals surface area (Å²) in [4.78, 5) is 87.1. The Hall–Kier alpha value is -7.50. The van der Waals surface area contributed by atoms with Crippen molar-refractivity contribution in [1.29, 1.82) is 0 Å². The van der Waals surface area contributed by atoms with Crippen LogP contribution < -0.4 is 42.0 Å². The summed E-state index contributed by atoms with van der Waals surface area (Å²) in [5.41, 5.74) is 5.95. The fraction of sp³-hybridized carbons (Fsp3) is 0.294. The van der Waals surface area contributed by atoms with Gasteiger partial charge in [-0.1, -0.05) is 5.92 Å². The molecule has 0 radical (unpaired) electrons. The van der Waals surface area contributed by atoms with Gasteiger partial charge >= 0.3 is 12.1 Å². The second kappa shape index (κ2) is 18.8. The molecule has 3 amide bonds. The third kappa shape index (κ3) is 11.2. The highest BCUT2D eigenvalue weighted by molar-refractivity contribution is 5.97. The third-order valence-corrected chi connectivity index (χ3v) is 7.63. The number of nitrogens with zero attached hydrogens (tertiary/aromatic N) is 4. The van der Waals surface area contributed by atoms with E-state index in [-0.39, 0.29) is 78.8 Å². The number of anilines is 2. The average molecular weight is 761 g/mol. The van der Waals surface area contributed by atoms with Gasteiger partial charge in [0.2, 0.25) is 11.9 Å². The quantitative estimate of drug-likeness (QED) is 0.0326. The molecule has 0 aliphatic carbocycles. The molecule has 2 aromatic carbocycles. The average Bonchev–Trinajstić information content (AvgIpc) is 3.16. The van der Waals surface area contributed by atoms with Crippen LogP contribution in [0, 0.1) is 22.5 Å². The number of nitro benzene ring substituents is 1. The van der Waals surface area contributed by atoms with Crippen molar-refractivity contribution in [3.05, 3.63) is 79.9 Å². The van der Waals surface area contributed by atoms with E-state index in [0.717, 1.165) is 6.07 Å². The standard InChI is InChI=1S/C34H36N10O11/c1-4-13-54-26-15-24(44(51)52)22(14-25(26)53-3)18(2)55-34(50)37-12-11-36-27(45)10-9-23(32(48)49)41-30(46)19-5-7-20(8-6-19)38-16-21-17-39-29-28(40-21)31(47)43-33(35)42-29/h1,5-8,14-15,17-18,23,38H,9-13,16H2,2-3H3,(H,36,45)(H,37,50)(H,41,46)(H,48,49)(H3,35,39,42,43,47). The molecule has 2 aromatic heterocycles. The zero-order valence-electron chi connectivity index (χ0n) is 29.4. The largest absolute Gasteiger partial charge is 0.493 e. The number of methoxy groups -OCH3 is 1. The SMILES string of the molecule is C#CCOc1cc([N+](=O)[O-])c(C(C)OC(=O)NCCNC(=O)CCC(NC(=O)c2ccc(NCc3cnc4nc(N)[nH]c(=O)c4n3)cc2)C(=O)O)cc1OC. The Bertz CT molecular complexity index is 2170. The number of fused-ring (bicyclic) bond motifs is 1. The summed E-state index contributed by atoms with van der Waals surface area (Å²) in [5.74, 6) is -0.226. The summed E-state index contributed by atoms with van der Waals surface area (Å²) in [7, 11) is 1.33. The molecule has 0 saturated heterocycles. The van der Waals surface area contributed by atoms with Crippen LogP contribution in [0.2, 0.25) is 0 Å². The first kappa shape index (κ1) is 40.3. The molecule has 2 heterocycles. The number of ether oxygens (including phenoxy) is 3. The fourth-order valence-corrected chi connectivity index (χ4v) is 4.92. The monoisotopic (exact) mass is 760 g/mol. The van der Waals surface area contributed by atoms with Crippen molar-refractivity contribution in [3.63, 3.8) is 0 Å². The molecule has 0 saturated carbocycles. The first-order chi connectivity index (χ1) is 26.3. The van der Waals surface area contributed by atoms with E-state index in [1.807, 2.05) is 0 Å². The second-order valence-corrected chi connectivity index (χ2v) is 11.5. The van der Waals surface area contributed by atoms with Crippen molar-refractivity contribution in [1.82, 2.24) is 35.9 Å². The predicted molar refractivity (Wildman–Crippen MR) is 194 cm³/mol. The number of aromatic amines is 1. The number of hydrogen-bond donors (Lipinski definition) is 7. The Kier molecular flexibility index (Phi) is 13.8. The van der Waals surface area contributed by atoms with Crippen molar-refractivity contribution in [2.24, 2.45) is 0 Å². The number of aliphatic carboxylic acids is 1. The lowest BCUT2D eigenvalue weighted by Gasteiger charge is -2.17. The topological polar surface area (TPSA) is 305 Å². The molecule has 0 fully saturated rings. The molecule has 21 heteroatoms. The van der Waals surface area contributed by atoms with Gasteiger partial charge in [-0.05, 0) is 43.7 Å². The van der Waals surface area contributed by atoms with Gasteiger partial charge in [0.25, 0.3) is 17.2 Å². The number of terminal acetylenes is 1. The molecule has 0 spiro atoms. The minimum atomic E-state index is -1.38. The van der Waals surface area contributed by atoms with Crippen LogP contribution >= 0.6 is 0 Å². The summed E-state index contributed by atoms with van der Waals surface area (Å²) in [5, 5.41) is 31.7. The van der Waals surface area contributed by atoms with Gasteiger partial charge in [0.15, 0.2) is 22.7 Å². The number of aromatic nitrogens is 4. The summed E-state index contributed by atoms with van der Waals surface area (Å²) in [6, 6.07) is 7.14. The van der Waals surface area contributed by atoms with Gasteiger partial charge in [0.05, 0.1) is 42.1 Å². The van der Waals surface area contributed by atoms with Crippen LogP contribution in [0.15, 0.2) is 47.4 Å². The lowest BCUT2D eigenvalue weighted by atomic mass is 10.1. The van der Waals surface area contributed by atoms with Crippen molar-refractivity contribution in [3.8, 4) is 23.8 Å². The Morgan fingerprint density at radius 2 is 1.84 bits per heavy atom. The van der Waals surface area contributed by atoms with Crippen molar-refractivity contribution in [2.45, 2.75) is 38.5 Å². The fourth-order valence-electron chi connectivity index (χ4n) is 4.92. The molecule has 8 N–H and O–H groups in total. The van der Waals surface area contributed by atoms with Gasteiger partial charge in [0.1, 0.15) is 18.8 Å². The maximum absolute atomic E-state index is 12.8. The normalized spacial score (nSPS) is 11.7. The summed E-state index contributed by atoms with van der Waals surface area (Å²) >= 11 is 0. The smallest absolute Gasteiger partial charge is 0.407 e. The van der Waals surface area contributed by atoms with Crippen LogP contribution in [-0.2, 0) is 20.9 Å². The lowest BCUT2D eigenvalue weighted by molar-refractivity contribution is -0.386. The van der Waals surface area contributed by atoms with Crippen LogP contribution in [0.1, 0.15) is 47.5 Å². The molecule has 0 bridgehead atoms. The minimum absolute atomic E-state index is 0.0266. The number of carboxylic acid groups (broad SMARTS) is 1. The van der Waals surface area contributed by atoms with E-state index in [0.29, 0.717) is 11.4 Å². The number of carbonyl (C=O) groups excluding carboxylic acids is 3. The van der Waals surface area contributed by atoms with Gasteiger partial charge in [0, 0.05) is 30.8 Å². The number of carbonyl (C=O) groups is 4. The molecule has 288 valence electrons. The Morgan fingerprint density at radius 1 is 1.11 bits per heavy atom. The van der Waals surface area contributed by atoms with Crippen molar-refractivity contribution >= 4 is 52.4 Å². The number of carboxylic acids is 1. The van der Waals surface area contributed by atoms with Gasteiger partial charge in [-0.2, -0.15) is 4.98 Å². The van der Waals surface area contributed by atoms with Gasteiger partial charge in [-0.15, -0.1) is 6.42 Å². The van der Waals surface area contributed by atoms with E-state index in [2.05, 4.69) is 47.1 Å². The minimum Gasteiger partial charge on any atom is -0.493 e. The van der Waals surface area contributed by atoms with E-state index in [1.54, 1.807) is 12.1 Å². The highest BCUT2D eigenvalue weighted by Crippen LogP contribution is 2.38. The van der Waals surface area contributed by atoms with E-state index in [4.69, 9.17) is 26.4 Å². The molecular formula is C34H36N10O11. The number of nitrogens with two attached hydrogens (primary N) is 1. The number of nitrogens with one attached hydrogen (secondary N) is 5.